The third-order valence-electron chi connectivity index (χ3n) is 12.4. The highest BCUT2D eigenvalue weighted by atomic mass is 16.6. The first-order chi connectivity index (χ1) is 18.1. The topological polar surface area (TPSA) is 55.9 Å². The van der Waals surface area contributed by atoms with Crippen LogP contribution in [0.2, 0.25) is 0 Å². The Bertz CT molecular complexity index is 880. The Labute approximate surface area is 232 Å². The van der Waals surface area contributed by atoms with E-state index in [9.17, 15) is 9.59 Å². The zero-order valence-electron chi connectivity index (χ0n) is 25.2. The first-order valence-electron chi connectivity index (χ1n) is 16.5. The number of fused-ring (bicyclic) bond motifs is 5. The van der Waals surface area contributed by atoms with Gasteiger partial charge >= 0.3 is 5.97 Å². The zero-order chi connectivity index (χ0) is 27.2. The van der Waals surface area contributed by atoms with Crippen molar-refractivity contribution >= 4 is 11.8 Å². The van der Waals surface area contributed by atoms with Crippen molar-refractivity contribution in [3.8, 4) is 0 Å². The fourth-order valence-corrected chi connectivity index (χ4v) is 10.6. The summed E-state index contributed by atoms with van der Waals surface area (Å²) in [6.07, 6.45) is 20.9. The van der Waals surface area contributed by atoms with Crippen LogP contribution in [-0.4, -0.2) is 29.6 Å². The average Bonchev–Trinajstić information content (AvgIpc) is 3.54. The zero-order valence-corrected chi connectivity index (χ0v) is 25.2. The number of Topliss-reactive ketones (excluding diaryl/α,β-unsaturated/α-hetero) is 1. The quantitative estimate of drug-likeness (QED) is 0.136. The molecule has 0 N–H and O–H groups in total. The van der Waals surface area contributed by atoms with Gasteiger partial charge in [0.1, 0.15) is 0 Å². The summed E-state index contributed by atoms with van der Waals surface area (Å²) < 4.78 is 12.4. The smallest absolute Gasteiger partial charge is 0.306 e. The fraction of sp³-hybridized carbons (Fsp3) is 0.941. The number of ether oxygens (including phenoxy) is 2. The maximum absolute atomic E-state index is 13.7. The van der Waals surface area contributed by atoms with Crippen LogP contribution in [0.25, 0.3) is 0 Å². The highest BCUT2D eigenvalue weighted by Gasteiger charge is 2.79. The fourth-order valence-electron chi connectivity index (χ4n) is 10.6. The molecule has 0 radical (unpaired) electrons. The van der Waals surface area contributed by atoms with E-state index >= 15 is 0 Å². The molecule has 0 amide bonds. The first-order valence-corrected chi connectivity index (χ1v) is 16.5. The molecule has 8 atom stereocenters. The second kappa shape index (κ2) is 10.8. The van der Waals surface area contributed by atoms with E-state index in [1.165, 1.54) is 83.5 Å². The van der Waals surface area contributed by atoms with Gasteiger partial charge in [-0.3, -0.25) is 9.59 Å². The van der Waals surface area contributed by atoms with Crippen molar-refractivity contribution in [3.63, 3.8) is 0 Å². The number of carbonyl (C=O) groups is 2. The molecule has 4 saturated carbocycles. The molecule has 4 aliphatic carbocycles. The minimum Gasteiger partial charge on any atom is -0.454 e. The van der Waals surface area contributed by atoms with Gasteiger partial charge < -0.3 is 9.47 Å². The van der Waals surface area contributed by atoms with E-state index in [-0.39, 0.29) is 33.6 Å². The highest BCUT2D eigenvalue weighted by Crippen LogP contribution is 2.77. The van der Waals surface area contributed by atoms with Crippen molar-refractivity contribution in [2.45, 2.75) is 168 Å². The van der Waals surface area contributed by atoms with E-state index in [1.807, 2.05) is 0 Å². The van der Waals surface area contributed by atoms with Crippen LogP contribution in [0.5, 0.6) is 0 Å². The van der Waals surface area contributed by atoms with E-state index in [0.717, 1.165) is 19.3 Å². The normalized spacial score (nSPS) is 42.2. The molecule has 4 heteroatoms. The van der Waals surface area contributed by atoms with Crippen LogP contribution in [0.3, 0.4) is 0 Å². The van der Waals surface area contributed by atoms with Crippen molar-refractivity contribution in [3.05, 3.63) is 0 Å². The SMILES string of the molecule is CCCCCCCCCCCCCC(=O)O[C@H]1C(=O)C[C@]2(C)[C@H](CC[C@@]34C[C@@H](CC[C@@H]23)[C@@]2(C)O[C@@H]42)C1(C)C. The Morgan fingerprint density at radius 1 is 0.868 bits per heavy atom. The predicted octanol–water partition coefficient (Wildman–Crippen LogP) is 8.59. The molecule has 1 saturated heterocycles. The summed E-state index contributed by atoms with van der Waals surface area (Å²) in [6, 6.07) is 0. The number of rotatable bonds is 13. The predicted molar refractivity (Wildman–Crippen MR) is 152 cm³/mol. The number of epoxide rings is 1. The van der Waals surface area contributed by atoms with Gasteiger partial charge in [0.25, 0.3) is 0 Å². The lowest BCUT2D eigenvalue weighted by molar-refractivity contribution is -0.204. The van der Waals surface area contributed by atoms with Crippen molar-refractivity contribution in [2.75, 3.05) is 0 Å². The molecule has 1 spiro atoms. The van der Waals surface area contributed by atoms with Gasteiger partial charge in [0.15, 0.2) is 11.9 Å². The lowest BCUT2D eigenvalue weighted by Crippen LogP contribution is -2.63. The van der Waals surface area contributed by atoms with Gasteiger partial charge in [0, 0.05) is 23.7 Å². The number of carbonyl (C=O) groups excluding carboxylic acids is 2. The highest BCUT2D eigenvalue weighted by molar-refractivity contribution is 5.88. The van der Waals surface area contributed by atoms with Gasteiger partial charge in [-0.1, -0.05) is 91.9 Å². The largest absolute Gasteiger partial charge is 0.454 e. The summed E-state index contributed by atoms with van der Waals surface area (Å²) in [5, 5.41) is 0. The van der Waals surface area contributed by atoms with Crippen LogP contribution in [0, 0.1) is 34.0 Å². The van der Waals surface area contributed by atoms with Gasteiger partial charge in [-0.2, -0.15) is 0 Å². The lowest BCUT2D eigenvalue weighted by Gasteiger charge is -2.64. The lowest BCUT2D eigenvalue weighted by atomic mass is 9.40. The Morgan fingerprint density at radius 2 is 1.50 bits per heavy atom. The molecule has 1 aliphatic heterocycles. The van der Waals surface area contributed by atoms with Gasteiger partial charge in [0.2, 0.25) is 0 Å². The van der Waals surface area contributed by atoms with E-state index < -0.39 is 6.10 Å². The molecule has 216 valence electrons. The molecule has 0 unspecified atom stereocenters. The maximum Gasteiger partial charge on any atom is 0.306 e. The van der Waals surface area contributed by atoms with Crippen LogP contribution in [0.1, 0.15) is 150 Å². The van der Waals surface area contributed by atoms with Crippen molar-refractivity contribution in [1.29, 1.82) is 0 Å². The number of esters is 1. The molecule has 0 aromatic rings. The Kier molecular flexibility index (Phi) is 8.15. The second-order valence-electron chi connectivity index (χ2n) is 15.2. The Balaban J connectivity index is 1.09. The van der Waals surface area contributed by atoms with E-state index in [4.69, 9.17) is 9.47 Å². The van der Waals surface area contributed by atoms with Crippen molar-refractivity contribution in [2.24, 2.45) is 34.0 Å². The monoisotopic (exact) mass is 528 g/mol. The first kappa shape index (κ1) is 28.6. The molecule has 38 heavy (non-hydrogen) atoms. The van der Waals surface area contributed by atoms with Crippen LogP contribution in [-0.2, 0) is 19.1 Å². The van der Waals surface area contributed by atoms with Crippen LogP contribution in [0.15, 0.2) is 0 Å². The minimum absolute atomic E-state index is 0.0140. The van der Waals surface area contributed by atoms with E-state index in [0.29, 0.717) is 36.7 Å². The van der Waals surface area contributed by atoms with Crippen LogP contribution >= 0.6 is 0 Å². The van der Waals surface area contributed by atoms with E-state index in [2.05, 4.69) is 34.6 Å². The molecule has 1 heterocycles. The van der Waals surface area contributed by atoms with Crippen molar-refractivity contribution < 1.29 is 19.1 Å². The number of hydrogen-bond acceptors (Lipinski definition) is 4. The molecule has 0 aromatic heterocycles. The van der Waals surface area contributed by atoms with Gasteiger partial charge in [0.05, 0.1) is 11.7 Å². The van der Waals surface area contributed by atoms with Crippen LogP contribution in [0.4, 0.5) is 0 Å². The number of hydrogen-bond donors (Lipinski definition) is 0. The molecule has 2 bridgehead atoms. The molecule has 5 aliphatic rings. The summed E-state index contributed by atoms with van der Waals surface area (Å²) in [5.41, 5.74) is 0.0534. The average molecular weight is 529 g/mol. The second-order valence-corrected chi connectivity index (χ2v) is 15.2. The standard InChI is InChI=1S/C34H56O4/c1-6-7-8-9-10-11-12-13-14-15-16-17-28(36)37-29-25(35)23-32(4)26(31(29,2)3)20-21-34-22-24(18-19-27(32)34)33(5)30(34)38-33/h24,26-27,29-30H,6-23H2,1-5H3/t24-,26-,27+,29+,30-,32-,33-,34-/m1/s1. The summed E-state index contributed by atoms with van der Waals surface area (Å²) in [7, 11) is 0. The molecular weight excluding hydrogens is 472 g/mol. The summed E-state index contributed by atoms with van der Waals surface area (Å²) in [5.74, 6) is 1.67. The molecule has 5 rings (SSSR count). The van der Waals surface area contributed by atoms with Gasteiger partial charge in [-0.15, -0.1) is 0 Å². The summed E-state index contributed by atoms with van der Waals surface area (Å²) in [6.45, 7) is 11.4. The van der Waals surface area contributed by atoms with Gasteiger partial charge in [-0.25, -0.2) is 0 Å². The molecule has 0 aromatic carbocycles. The van der Waals surface area contributed by atoms with E-state index in [1.54, 1.807) is 0 Å². The summed E-state index contributed by atoms with van der Waals surface area (Å²) >= 11 is 0. The Morgan fingerprint density at radius 3 is 2.16 bits per heavy atom. The third kappa shape index (κ3) is 4.81. The van der Waals surface area contributed by atoms with Crippen LogP contribution < -0.4 is 0 Å². The Hall–Kier alpha value is -0.900. The number of unbranched alkanes of at least 4 members (excludes halogenated alkanes) is 10. The number of ketones is 1. The summed E-state index contributed by atoms with van der Waals surface area (Å²) in [4.78, 5) is 26.6. The van der Waals surface area contributed by atoms with Gasteiger partial charge in [-0.05, 0) is 68.6 Å². The third-order valence-corrected chi connectivity index (χ3v) is 12.4. The molecule has 5 fully saturated rings. The molecular formula is C34H56O4. The minimum atomic E-state index is -0.586. The van der Waals surface area contributed by atoms with Crippen molar-refractivity contribution in [1.82, 2.24) is 0 Å². The maximum atomic E-state index is 13.7. The molecule has 4 nitrogen and oxygen atoms in total.